The largest absolute Gasteiger partial charge is 0.424 e. The van der Waals surface area contributed by atoms with E-state index < -0.39 is 6.04 Å². The average Bonchev–Trinajstić information content (AvgIpc) is 2.47. The van der Waals surface area contributed by atoms with Crippen molar-refractivity contribution in [2.75, 3.05) is 0 Å². The molecule has 1 atom stereocenters. The van der Waals surface area contributed by atoms with E-state index >= 15 is 0 Å². The van der Waals surface area contributed by atoms with Crippen molar-refractivity contribution in [3.8, 4) is 0 Å². The van der Waals surface area contributed by atoms with E-state index in [1.54, 1.807) is 13.8 Å². The number of hydrogen-bond donors (Lipinski definition) is 2. The molecule has 0 fully saturated rings. The molecule has 0 saturated carbocycles. The van der Waals surface area contributed by atoms with Gasteiger partial charge >= 0.3 is 0 Å². The Hall–Kier alpha value is -1.43. The molecule has 1 aromatic heterocycles. The Labute approximate surface area is 75.5 Å². The summed E-state index contributed by atoms with van der Waals surface area (Å²) in [4.78, 5) is 11.0. The molecule has 1 unspecified atom stereocenters. The van der Waals surface area contributed by atoms with Gasteiger partial charge in [-0.25, -0.2) is 0 Å². The number of aryl methyl sites for hydroxylation is 1. The summed E-state index contributed by atoms with van der Waals surface area (Å²) >= 11 is 0. The van der Waals surface area contributed by atoms with Gasteiger partial charge in [-0.2, -0.15) is 0 Å². The number of hydrogen-bond acceptors (Lipinski definition) is 5. The van der Waals surface area contributed by atoms with Crippen molar-refractivity contribution >= 4 is 5.91 Å². The van der Waals surface area contributed by atoms with Gasteiger partial charge in [0, 0.05) is 6.92 Å². The summed E-state index contributed by atoms with van der Waals surface area (Å²) in [5.74, 6) is 0.618. The highest BCUT2D eigenvalue weighted by Gasteiger charge is 2.08. The van der Waals surface area contributed by atoms with Crippen molar-refractivity contribution in [2.24, 2.45) is 5.73 Å². The highest BCUT2D eigenvalue weighted by molar-refractivity contribution is 5.80. The van der Waals surface area contributed by atoms with Gasteiger partial charge in [0.05, 0.1) is 12.6 Å². The summed E-state index contributed by atoms with van der Waals surface area (Å²) in [5.41, 5.74) is 5.33. The van der Waals surface area contributed by atoms with E-state index in [-0.39, 0.29) is 12.5 Å². The zero-order valence-electron chi connectivity index (χ0n) is 7.57. The van der Waals surface area contributed by atoms with Gasteiger partial charge in [0.2, 0.25) is 17.7 Å². The molecule has 1 amide bonds. The summed E-state index contributed by atoms with van der Waals surface area (Å²) < 4.78 is 5.04. The molecule has 6 heteroatoms. The molecule has 3 N–H and O–H groups in total. The highest BCUT2D eigenvalue weighted by Crippen LogP contribution is 1.96. The molecule has 1 heterocycles. The number of nitrogens with two attached hydrogens (primary N) is 1. The summed E-state index contributed by atoms with van der Waals surface area (Å²) in [5, 5.41) is 9.87. The molecule has 0 aliphatic carbocycles. The fourth-order valence-corrected chi connectivity index (χ4v) is 0.733. The third-order valence-electron chi connectivity index (χ3n) is 1.40. The Morgan fingerprint density at radius 2 is 2.38 bits per heavy atom. The number of carbonyl (C=O) groups excluding carboxylic acids is 1. The first kappa shape index (κ1) is 9.66. The van der Waals surface area contributed by atoms with Crippen LogP contribution in [0.3, 0.4) is 0 Å². The minimum atomic E-state index is -0.524. The quantitative estimate of drug-likeness (QED) is 0.650. The summed E-state index contributed by atoms with van der Waals surface area (Å²) in [6.07, 6.45) is 0. The van der Waals surface area contributed by atoms with Crippen LogP contribution in [-0.2, 0) is 11.3 Å². The Morgan fingerprint density at radius 1 is 1.69 bits per heavy atom. The molecule has 1 aromatic rings. The SMILES string of the molecule is Cc1nnc(CNC(=O)C(C)N)o1. The molecule has 13 heavy (non-hydrogen) atoms. The maximum atomic E-state index is 11.0. The minimum Gasteiger partial charge on any atom is -0.424 e. The molecular formula is C7H12N4O2. The lowest BCUT2D eigenvalue weighted by molar-refractivity contribution is -0.122. The molecule has 0 aliphatic heterocycles. The van der Waals surface area contributed by atoms with Crippen LogP contribution in [0.5, 0.6) is 0 Å². The van der Waals surface area contributed by atoms with Crippen LogP contribution < -0.4 is 11.1 Å². The summed E-state index contributed by atoms with van der Waals surface area (Å²) in [6, 6.07) is -0.524. The molecule has 0 saturated heterocycles. The van der Waals surface area contributed by atoms with Crippen molar-refractivity contribution in [1.82, 2.24) is 15.5 Å². The third kappa shape index (κ3) is 2.83. The maximum Gasteiger partial charge on any atom is 0.237 e. The maximum absolute atomic E-state index is 11.0. The molecule has 0 aliphatic rings. The van der Waals surface area contributed by atoms with E-state index in [1.807, 2.05) is 0 Å². The van der Waals surface area contributed by atoms with Crippen LogP contribution in [0.4, 0.5) is 0 Å². The fraction of sp³-hybridized carbons (Fsp3) is 0.571. The second-order valence-electron chi connectivity index (χ2n) is 2.72. The van der Waals surface area contributed by atoms with Crippen LogP contribution in [-0.4, -0.2) is 22.1 Å². The predicted octanol–water partition coefficient (Wildman–Crippen LogP) is -0.659. The minimum absolute atomic E-state index is 0.223. The van der Waals surface area contributed by atoms with E-state index in [2.05, 4.69) is 15.5 Å². The molecule has 0 bridgehead atoms. The monoisotopic (exact) mass is 184 g/mol. The van der Waals surface area contributed by atoms with Crippen LogP contribution in [0, 0.1) is 6.92 Å². The first-order valence-corrected chi connectivity index (χ1v) is 3.92. The van der Waals surface area contributed by atoms with Gasteiger partial charge in [-0.1, -0.05) is 0 Å². The molecule has 1 rings (SSSR count). The Kier molecular flexibility index (Phi) is 2.97. The van der Waals surface area contributed by atoms with E-state index in [0.29, 0.717) is 11.8 Å². The predicted molar refractivity (Wildman–Crippen MR) is 44.5 cm³/mol. The Bertz CT molecular complexity index is 294. The summed E-state index contributed by atoms with van der Waals surface area (Å²) in [6.45, 7) is 3.51. The lowest BCUT2D eigenvalue weighted by atomic mass is 10.3. The third-order valence-corrected chi connectivity index (χ3v) is 1.40. The lowest BCUT2D eigenvalue weighted by Crippen LogP contribution is -2.37. The van der Waals surface area contributed by atoms with E-state index in [0.717, 1.165) is 0 Å². The standard InChI is InChI=1S/C7H12N4O2/c1-4(8)7(12)9-3-6-11-10-5(2)13-6/h4H,3,8H2,1-2H3,(H,9,12). The van der Waals surface area contributed by atoms with Gasteiger partial charge in [0.25, 0.3) is 0 Å². The first-order chi connectivity index (χ1) is 6.09. The Morgan fingerprint density at radius 3 is 2.85 bits per heavy atom. The van der Waals surface area contributed by atoms with Crippen LogP contribution in [0.1, 0.15) is 18.7 Å². The van der Waals surface area contributed by atoms with Crippen LogP contribution in [0.25, 0.3) is 0 Å². The number of carbonyl (C=O) groups is 1. The normalized spacial score (nSPS) is 12.5. The number of nitrogens with zero attached hydrogens (tertiary/aromatic N) is 2. The van der Waals surface area contributed by atoms with Crippen molar-refractivity contribution in [3.63, 3.8) is 0 Å². The second kappa shape index (κ2) is 3.99. The lowest BCUT2D eigenvalue weighted by Gasteiger charge is -2.04. The van der Waals surface area contributed by atoms with E-state index in [1.165, 1.54) is 0 Å². The number of nitrogens with one attached hydrogen (secondary N) is 1. The van der Waals surface area contributed by atoms with E-state index in [4.69, 9.17) is 10.2 Å². The molecule has 0 spiro atoms. The number of aromatic nitrogens is 2. The smallest absolute Gasteiger partial charge is 0.237 e. The first-order valence-electron chi connectivity index (χ1n) is 3.92. The van der Waals surface area contributed by atoms with Crippen molar-refractivity contribution in [2.45, 2.75) is 26.4 Å². The van der Waals surface area contributed by atoms with Gasteiger partial charge in [-0.3, -0.25) is 4.79 Å². The molecule has 0 radical (unpaired) electrons. The van der Waals surface area contributed by atoms with Gasteiger partial charge in [-0.15, -0.1) is 10.2 Å². The second-order valence-corrected chi connectivity index (χ2v) is 2.72. The van der Waals surface area contributed by atoms with Gasteiger partial charge < -0.3 is 15.5 Å². The van der Waals surface area contributed by atoms with Crippen LogP contribution in [0.2, 0.25) is 0 Å². The number of amides is 1. The molecule has 6 nitrogen and oxygen atoms in total. The summed E-state index contributed by atoms with van der Waals surface area (Å²) in [7, 11) is 0. The topological polar surface area (TPSA) is 94.0 Å². The van der Waals surface area contributed by atoms with Crippen molar-refractivity contribution < 1.29 is 9.21 Å². The zero-order valence-corrected chi connectivity index (χ0v) is 7.57. The van der Waals surface area contributed by atoms with Gasteiger partial charge in [0.1, 0.15) is 0 Å². The highest BCUT2D eigenvalue weighted by atomic mass is 16.4. The van der Waals surface area contributed by atoms with Crippen molar-refractivity contribution in [3.05, 3.63) is 11.8 Å². The van der Waals surface area contributed by atoms with E-state index in [9.17, 15) is 4.79 Å². The fourth-order valence-electron chi connectivity index (χ4n) is 0.733. The Balaban J connectivity index is 2.39. The van der Waals surface area contributed by atoms with Gasteiger partial charge in [-0.05, 0) is 6.92 Å². The van der Waals surface area contributed by atoms with Crippen molar-refractivity contribution in [1.29, 1.82) is 0 Å². The number of rotatable bonds is 3. The molecule has 0 aromatic carbocycles. The average molecular weight is 184 g/mol. The zero-order chi connectivity index (χ0) is 9.84. The molecule has 72 valence electrons. The van der Waals surface area contributed by atoms with Crippen LogP contribution >= 0.6 is 0 Å². The van der Waals surface area contributed by atoms with Crippen LogP contribution in [0.15, 0.2) is 4.42 Å². The molecular weight excluding hydrogens is 172 g/mol. The van der Waals surface area contributed by atoms with Gasteiger partial charge in [0.15, 0.2) is 0 Å².